The molecule has 0 saturated carbocycles. The van der Waals surface area contributed by atoms with Gasteiger partial charge in [-0.15, -0.1) is 0 Å². The van der Waals surface area contributed by atoms with Gasteiger partial charge in [-0.2, -0.15) is 5.10 Å². The number of sulfonamides is 1. The number of piperidine rings is 1. The number of methoxy groups -OCH3 is 1. The van der Waals surface area contributed by atoms with Gasteiger partial charge in [-0.3, -0.25) is 4.68 Å². The van der Waals surface area contributed by atoms with Gasteiger partial charge < -0.3 is 14.8 Å². The number of ether oxygens (including phenoxy) is 2. The molecule has 1 aromatic heterocycles. The van der Waals surface area contributed by atoms with E-state index in [4.69, 9.17) is 9.47 Å². The second-order valence-corrected chi connectivity index (χ2v) is 16.8. The molecule has 0 radical (unpaired) electrons. The maximum Gasteiger partial charge on any atom is 0.240 e. The Morgan fingerprint density at radius 2 is 1.97 bits per heavy atom. The lowest BCUT2D eigenvalue weighted by atomic mass is 10.2. The van der Waals surface area contributed by atoms with Crippen LogP contribution in [0.3, 0.4) is 0 Å². The van der Waals surface area contributed by atoms with Gasteiger partial charge >= 0.3 is 0 Å². The first-order chi connectivity index (χ1) is 14.1. The summed E-state index contributed by atoms with van der Waals surface area (Å²) >= 11 is 0. The standard InChI is InChI=1S/C20H34N4O4SSi/c1-23-19-16(14-22-23)6-7-18(27-2)20(19)24(15-28-12-13-30(3,4)5)29(25,26)17-8-10-21-11-9-17/h6-7,14,17,21H,8-13,15H2,1-5H3. The van der Waals surface area contributed by atoms with Gasteiger partial charge in [-0.1, -0.05) is 19.6 Å². The molecular formula is C20H34N4O4SSi. The predicted molar refractivity (Wildman–Crippen MR) is 124 cm³/mol. The normalized spacial score (nSPS) is 16.2. The topological polar surface area (TPSA) is 85.7 Å². The minimum absolute atomic E-state index is 0.0304. The SMILES string of the molecule is COc1ccc2cnn(C)c2c1N(COCC[Si](C)(C)C)S(=O)(=O)C1CCNCC1. The van der Waals surface area contributed by atoms with Crippen molar-refractivity contribution in [3.63, 3.8) is 0 Å². The zero-order valence-corrected chi connectivity index (χ0v) is 20.5. The van der Waals surface area contributed by atoms with Crippen molar-refractivity contribution in [1.29, 1.82) is 0 Å². The third kappa shape index (κ3) is 4.98. The second-order valence-electron chi connectivity index (χ2n) is 9.01. The van der Waals surface area contributed by atoms with Crippen molar-refractivity contribution >= 4 is 34.7 Å². The van der Waals surface area contributed by atoms with E-state index in [1.807, 2.05) is 13.1 Å². The van der Waals surface area contributed by atoms with Crippen LogP contribution in [0.2, 0.25) is 25.7 Å². The number of nitrogens with zero attached hydrogens (tertiary/aromatic N) is 3. The molecule has 0 spiro atoms. The minimum atomic E-state index is -3.65. The molecule has 0 amide bonds. The van der Waals surface area contributed by atoms with E-state index in [0.29, 0.717) is 44.0 Å². The van der Waals surface area contributed by atoms with E-state index in [-0.39, 0.29) is 6.73 Å². The molecule has 0 unspecified atom stereocenters. The molecule has 10 heteroatoms. The largest absolute Gasteiger partial charge is 0.494 e. The van der Waals surface area contributed by atoms with E-state index < -0.39 is 23.3 Å². The number of hydrogen-bond acceptors (Lipinski definition) is 6. The van der Waals surface area contributed by atoms with Crippen LogP contribution >= 0.6 is 0 Å². The van der Waals surface area contributed by atoms with Crippen molar-refractivity contribution in [2.24, 2.45) is 7.05 Å². The quantitative estimate of drug-likeness (QED) is 0.356. The Morgan fingerprint density at radius 1 is 1.27 bits per heavy atom. The molecule has 1 aliphatic heterocycles. The number of fused-ring (bicyclic) bond motifs is 1. The lowest BCUT2D eigenvalue weighted by Gasteiger charge is -2.32. The predicted octanol–water partition coefficient (Wildman–Crippen LogP) is 2.78. The number of nitrogens with one attached hydrogen (secondary N) is 1. The molecule has 2 aromatic rings. The Bertz CT molecular complexity index is 965. The van der Waals surface area contributed by atoms with Crippen LogP contribution in [-0.2, 0) is 21.8 Å². The van der Waals surface area contributed by atoms with E-state index in [0.717, 1.165) is 16.9 Å². The highest BCUT2D eigenvalue weighted by molar-refractivity contribution is 7.93. The molecule has 1 N–H and O–H groups in total. The Hall–Kier alpha value is -1.62. The van der Waals surface area contributed by atoms with Gasteiger partial charge in [0.25, 0.3) is 0 Å². The monoisotopic (exact) mass is 454 g/mol. The molecule has 168 valence electrons. The van der Waals surface area contributed by atoms with E-state index in [2.05, 4.69) is 30.1 Å². The van der Waals surface area contributed by atoms with E-state index in [1.165, 1.54) is 4.31 Å². The molecule has 1 aliphatic rings. The average Bonchev–Trinajstić information content (AvgIpc) is 3.08. The summed E-state index contributed by atoms with van der Waals surface area (Å²) in [6.45, 7) is 8.73. The highest BCUT2D eigenvalue weighted by Gasteiger charge is 2.36. The van der Waals surface area contributed by atoms with Crippen molar-refractivity contribution in [2.75, 3.05) is 37.8 Å². The molecule has 0 bridgehead atoms. The van der Waals surface area contributed by atoms with Crippen molar-refractivity contribution in [2.45, 2.75) is 43.8 Å². The lowest BCUT2D eigenvalue weighted by Crippen LogP contribution is -2.45. The highest BCUT2D eigenvalue weighted by Crippen LogP contribution is 2.39. The van der Waals surface area contributed by atoms with E-state index >= 15 is 0 Å². The average molecular weight is 455 g/mol. The first kappa shape index (κ1) is 23.0. The fraction of sp³-hybridized carbons (Fsp3) is 0.650. The first-order valence-electron chi connectivity index (χ1n) is 10.4. The summed E-state index contributed by atoms with van der Waals surface area (Å²) < 4.78 is 42.2. The second kappa shape index (κ2) is 9.25. The number of rotatable bonds is 9. The smallest absolute Gasteiger partial charge is 0.240 e. The molecule has 30 heavy (non-hydrogen) atoms. The Kier molecular flexibility index (Phi) is 7.11. The lowest BCUT2D eigenvalue weighted by molar-refractivity contribution is 0.156. The number of aromatic nitrogens is 2. The zero-order valence-electron chi connectivity index (χ0n) is 18.6. The van der Waals surface area contributed by atoms with Crippen LogP contribution in [0.4, 0.5) is 5.69 Å². The summed E-state index contributed by atoms with van der Waals surface area (Å²) in [6.07, 6.45) is 2.90. The number of hydrogen-bond donors (Lipinski definition) is 1. The van der Waals surface area contributed by atoms with Crippen LogP contribution in [0.1, 0.15) is 12.8 Å². The zero-order chi connectivity index (χ0) is 21.9. The summed E-state index contributed by atoms with van der Waals surface area (Å²) in [5.41, 5.74) is 1.22. The summed E-state index contributed by atoms with van der Waals surface area (Å²) in [7, 11) is -1.57. The molecule has 2 heterocycles. The number of benzene rings is 1. The van der Waals surface area contributed by atoms with Crippen LogP contribution < -0.4 is 14.4 Å². The van der Waals surface area contributed by atoms with Gasteiger partial charge in [0.2, 0.25) is 10.0 Å². The third-order valence-electron chi connectivity index (χ3n) is 5.53. The van der Waals surface area contributed by atoms with Crippen LogP contribution in [0.15, 0.2) is 18.3 Å². The molecule has 8 nitrogen and oxygen atoms in total. The molecule has 1 saturated heterocycles. The van der Waals surface area contributed by atoms with Crippen molar-refractivity contribution in [3.8, 4) is 5.75 Å². The van der Waals surface area contributed by atoms with Gasteiger partial charge in [-0.05, 0) is 44.1 Å². The van der Waals surface area contributed by atoms with Gasteiger partial charge in [0.05, 0.1) is 24.1 Å². The Morgan fingerprint density at radius 3 is 2.60 bits per heavy atom. The number of aryl methyl sites for hydroxylation is 1. The molecule has 1 aromatic carbocycles. The van der Waals surface area contributed by atoms with Crippen molar-refractivity contribution in [3.05, 3.63) is 18.3 Å². The Labute approximate surface area is 180 Å². The summed E-state index contributed by atoms with van der Waals surface area (Å²) in [4.78, 5) is 0. The van der Waals surface area contributed by atoms with Crippen LogP contribution in [-0.4, -0.2) is 65.1 Å². The van der Waals surface area contributed by atoms with Crippen LogP contribution in [0.25, 0.3) is 10.9 Å². The third-order valence-corrected chi connectivity index (χ3v) is 9.45. The minimum Gasteiger partial charge on any atom is -0.494 e. The molecule has 1 fully saturated rings. The van der Waals surface area contributed by atoms with Crippen LogP contribution in [0, 0.1) is 0 Å². The maximum atomic E-state index is 13.8. The highest BCUT2D eigenvalue weighted by atomic mass is 32.2. The summed E-state index contributed by atoms with van der Waals surface area (Å²) in [6, 6.07) is 4.67. The maximum absolute atomic E-state index is 13.8. The van der Waals surface area contributed by atoms with Crippen molar-refractivity contribution < 1.29 is 17.9 Å². The van der Waals surface area contributed by atoms with Gasteiger partial charge in [0.15, 0.2) is 0 Å². The Balaban J connectivity index is 2.03. The van der Waals surface area contributed by atoms with Gasteiger partial charge in [0.1, 0.15) is 18.2 Å². The van der Waals surface area contributed by atoms with E-state index in [9.17, 15) is 8.42 Å². The van der Waals surface area contributed by atoms with Gasteiger partial charge in [-0.25, -0.2) is 12.7 Å². The number of anilines is 1. The summed E-state index contributed by atoms with van der Waals surface area (Å²) in [5, 5.41) is 7.99. The summed E-state index contributed by atoms with van der Waals surface area (Å²) in [5.74, 6) is 0.498. The molecule has 3 rings (SSSR count). The van der Waals surface area contributed by atoms with Gasteiger partial charge in [0, 0.05) is 27.1 Å². The molecule has 0 atom stereocenters. The van der Waals surface area contributed by atoms with E-state index in [1.54, 1.807) is 24.1 Å². The molecule has 0 aliphatic carbocycles. The van der Waals surface area contributed by atoms with Crippen LogP contribution in [0.5, 0.6) is 5.75 Å². The van der Waals surface area contributed by atoms with Crippen molar-refractivity contribution in [1.82, 2.24) is 15.1 Å². The molecular weight excluding hydrogens is 420 g/mol. The first-order valence-corrected chi connectivity index (χ1v) is 15.6. The fourth-order valence-corrected chi connectivity index (χ4v) is 6.30. The fourth-order valence-electron chi connectivity index (χ4n) is 3.70.